The van der Waals surface area contributed by atoms with Gasteiger partial charge in [-0.2, -0.15) is 0 Å². The molecule has 6 nitrogen and oxygen atoms in total. The third kappa shape index (κ3) is 5.01. The van der Waals surface area contributed by atoms with Crippen molar-refractivity contribution in [1.29, 1.82) is 0 Å². The van der Waals surface area contributed by atoms with E-state index in [9.17, 15) is 4.79 Å². The van der Waals surface area contributed by atoms with E-state index < -0.39 is 6.04 Å². The lowest BCUT2D eigenvalue weighted by Gasteiger charge is -2.26. The Kier molecular flexibility index (Phi) is 6.82. The highest BCUT2D eigenvalue weighted by Crippen LogP contribution is 2.35. The summed E-state index contributed by atoms with van der Waals surface area (Å²) in [5.41, 5.74) is 5.87. The molecule has 3 aromatic carbocycles. The number of halogens is 1. The van der Waals surface area contributed by atoms with Gasteiger partial charge in [-0.1, -0.05) is 76.6 Å². The first-order chi connectivity index (χ1) is 19.1. The average molecular weight is 577 g/mol. The number of furan rings is 1. The van der Waals surface area contributed by atoms with E-state index in [-0.39, 0.29) is 0 Å². The smallest absolute Gasteiger partial charge is 0.217 e. The number of anilines is 1. The Balaban J connectivity index is 1.39. The quantitative estimate of drug-likeness (QED) is 0.175. The van der Waals surface area contributed by atoms with Crippen molar-refractivity contribution in [1.82, 2.24) is 14.5 Å². The van der Waals surface area contributed by atoms with Crippen LogP contribution in [0.2, 0.25) is 0 Å². The van der Waals surface area contributed by atoms with E-state index >= 15 is 0 Å². The van der Waals surface area contributed by atoms with Crippen LogP contribution in [0.1, 0.15) is 17.6 Å². The number of amides is 1. The number of nitrogens with zero attached hydrogens (tertiary/aromatic N) is 4. The zero-order valence-corrected chi connectivity index (χ0v) is 22.8. The van der Waals surface area contributed by atoms with E-state index in [4.69, 9.17) is 9.40 Å². The Morgan fingerprint density at radius 3 is 2.38 bits per heavy atom. The van der Waals surface area contributed by atoms with Gasteiger partial charge in [0, 0.05) is 41.3 Å². The predicted molar refractivity (Wildman–Crippen MR) is 157 cm³/mol. The summed E-state index contributed by atoms with van der Waals surface area (Å²) in [6, 6.07) is 31.7. The van der Waals surface area contributed by atoms with Crippen molar-refractivity contribution in [3.8, 4) is 22.4 Å². The molecular weight excluding hydrogens is 552 g/mol. The van der Waals surface area contributed by atoms with Gasteiger partial charge in [0.25, 0.3) is 0 Å². The van der Waals surface area contributed by atoms with Crippen LogP contribution >= 0.6 is 15.9 Å². The number of carbonyl (C=O) groups is 1. The van der Waals surface area contributed by atoms with Crippen molar-refractivity contribution < 1.29 is 9.21 Å². The highest BCUT2D eigenvalue weighted by molar-refractivity contribution is 9.10. The van der Waals surface area contributed by atoms with Crippen molar-refractivity contribution in [2.75, 3.05) is 4.90 Å². The van der Waals surface area contributed by atoms with Crippen molar-refractivity contribution in [2.24, 2.45) is 7.05 Å². The molecule has 6 aromatic rings. The van der Waals surface area contributed by atoms with Crippen LogP contribution in [-0.2, 0) is 18.3 Å². The van der Waals surface area contributed by atoms with Crippen molar-refractivity contribution in [3.05, 3.63) is 125 Å². The zero-order chi connectivity index (χ0) is 26.8. The van der Waals surface area contributed by atoms with Crippen LogP contribution in [0.25, 0.3) is 33.4 Å². The summed E-state index contributed by atoms with van der Waals surface area (Å²) in [5, 5.41) is 0.904. The van der Waals surface area contributed by atoms with Crippen molar-refractivity contribution in [3.63, 3.8) is 0 Å². The number of carbonyl (C=O) groups excluding carboxylic acids is 1. The van der Waals surface area contributed by atoms with Crippen LogP contribution in [0.3, 0.4) is 0 Å². The van der Waals surface area contributed by atoms with Gasteiger partial charge in [0.1, 0.15) is 17.4 Å². The summed E-state index contributed by atoms with van der Waals surface area (Å²) >= 11 is 3.51. The van der Waals surface area contributed by atoms with Gasteiger partial charge < -0.3 is 8.98 Å². The van der Waals surface area contributed by atoms with E-state index in [2.05, 4.69) is 57.3 Å². The minimum Gasteiger partial charge on any atom is -0.440 e. The van der Waals surface area contributed by atoms with Gasteiger partial charge in [0.05, 0.1) is 11.9 Å². The third-order valence-electron chi connectivity index (χ3n) is 6.91. The topological polar surface area (TPSA) is 64.2 Å². The fourth-order valence-electron chi connectivity index (χ4n) is 4.90. The predicted octanol–water partition coefficient (Wildman–Crippen LogP) is 7.60. The average Bonchev–Trinajstić information content (AvgIpc) is 3.57. The minimum atomic E-state index is -0.441. The van der Waals surface area contributed by atoms with Gasteiger partial charge >= 0.3 is 0 Å². The van der Waals surface area contributed by atoms with Crippen LogP contribution in [-0.4, -0.2) is 20.9 Å². The van der Waals surface area contributed by atoms with Gasteiger partial charge in [-0.15, -0.1) is 0 Å². The zero-order valence-electron chi connectivity index (χ0n) is 21.2. The molecule has 0 aliphatic heterocycles. The van der Waals surface area contributed by atoms with Gasteiger partial charge in [0.2, 0.25) is 12.3 Å². The van der Waals surface area contributed by atoms with Gasteiger partial charge in [0.15, 0.2) is 0 Å². The first-order valence-corrected chi connectivity index (χ1v) is 13.4. The maximum Gasteiger partial charge on any atom is 0.217 e. The molecular formula is C32H25BrN4O2. The molecule has 192 valence electrons. The number of hydrogen-bond donors (Lipinski definition) is 0. The minimum absolute atomic E-state index is 0.441. The lowest BCUT2D eigenvalue weighted by atomic mass is 10.0. The second-order valence-electron chi connectivity index (χ2n) is 9.32. The third-order valence-corrected chi connectivity index (χ3v) is 7.40. The maximum absolute atomic E-state index is 12.6. The number of fused-ring (bicyclic) bond motifs is 1. The molecule has 0 saturated heterocycles. The summed E-state index contributed by atoms with van der Waals surface area (Å²) in [6.07, 6.45) is 4.90. The van der Waals surface area contributed by atoms with Crippen molar-refractivity contribution >= 4 is 39.2 Å². The number of rotatable bonds is 8. The monoisotopic (exact) mass is 576 g/mol. The molecule has 0 unspecified atom stereocenters. The number of aromatic nitrogens is 3. The summed E-state index contributed by atoms with van der Waals surface area (Å²) in [7, 11) is 1.98. The first-order valence-electron chi connectivity index (χ1n) is 12.6. The second kappa shape index (κ2) is 10.7. The summed E-state index contributed by atoms with van der Waals surface area (Å²) in [5.74, 6) is 1.19. The number of imidazole rings is 1. The molecule has 3 heterocycles. The molecule has 39 heavy (non-hydrogen) atoms. The number of pyridine rings is 1. The fraction of sp³-hybridized carbons (Fsp3) is 0.0938. The molecule has 0 aliphatic rings. The molecule has 1 atom stereocenters. The van der Waals surface area contributed by atoms with E-state index in [0.29, 0.717) is 17.9 Å². The molecule has 0 bridgehead atoms. The molecule has 0 spiro atoms. The first kappa shape index (κ1) is 24.8. The SMILES string of the molecule is Cn1c(-c2ccc(-c3ccccc3)cc2)cnc1[C@H](Cc1ccccn1)N(C=O)c1cc2cc(Br)ccc2o1. The Hall–Kier alpha value is -4.49. The van der Waals surface area contributed by atoms with E-state index in [1.807, 2.05) is 78.5 Å². The molecule has 0 radical (unpaired) electrons. The molecule has 6 rings (SSSR count). The molecule has 3 aromatic heterocycles. The Bertz CT molecular complexity index is 1730. The maximum atomic E-state index is 12.6. The van der Waals surface area contributed by atoms with E-state index in [1.54, 1.807) is 11.1 Å². The van der Waals surface area contributed by atoms with Gasteiger partial charge in [-0.05, 0) is 47.0 Å². The highest BCUT2D eigenvalue weighted by atomic mass is 79.9. The molecule has 0 fully saturated rings. The Morgan fingerprint density at radius 1 is 0.897 bits per heavy atom. The second-order valence-corrected chi connectivity index (χ2v) is 10.2. The lowest BCUT2D eigenvalue weighted by Crippen LogP contribution is -2.31. The summed E-state index contributed by atoms with van der Waals surface area (Å²) in [6.45, 7) is 0. The van der Waals surface area contributed by atoms with Crippen LogP contribution in [0.15, 0.2) is 118 Å². The standard InChI is InChI=1S/C32H25BrN4O2/c1-36-29(24-12-10-23(11-13-24)22-7-3-2-4-8-22)20-35-32(36)28(19-27-9-5-6-16-34-27)37(21-38)31-18-25-17-26(33)14-15-30(25)39-31/h2-18,20-21,28H,19H2,1H3/t28-/m0/s1. The molecule has 0 saturated carbocycles. The number of hydrogen-bond acceptors (Lipinski definition) is 4. The molecule has 1 amide bonds. The molecule has 0 N–H and O–H groups in total. The summed E-state index contributed by atoms with van der Waals surface area (Å²) in [4.78, 5) is 23.6. The fourth-order valence-corrected chi connectivity index (χ4v) is 5.28. The van der Waals surface area contributed by atoms with Gasteiger partial charge in [-0.25, -0.2) is 4.98 Å². The lowest BCUT2D eigenvalue weighted by molar-refractivity contribution is -0.108. The van der Waals surface area contributed by atoms with Crippen molar-refractivity contribution in [2.45, 2.75) is 12.5 Å². The largest absolute Gasteiger partial charge is 0.440 e. The molecule has 7 heteroatoms. The van der Waals surface area contributed by atoms with Crippen LogP contribution in [0.4, 0.5) is 5.88 Å². The normalized spacial score (nSPS) is 11.9. The van der Waals surface area contributed by atoms with Crippen LogP contribution < -0.4 is 4.90 Å². The van der Waals surface area contributed by atoms with Crippen LogP contribution in [0.5, 0.6) is 0 Å². The van der Waals surface area contributed by atoms with Crippen LogP contribution in [0, 0.1) is 0 Å². The Labute approximate surface area is 234 Å². The number of benzene rings is 3. The highest BCUT2D eigenvalue weighted by Gasteiger charge is 2.29. The van der Waals surface area contributed by atoms with E-state index in [1.165, 1.54) is 5.56 Å². The Morgan fingerprint density at radius 2 is 1.64 bits per heavy atom. The van der Waals surface area contributed by atoms with E-state index in [0.717, 1.165) is 44.6 Å². The molecule has 0 aliphatic carbocycles. The summed E-state index contributed by atoms with van der Waals surface area (Å²) < 4.78 is 9.10. The van der Waals surface area contributed by atoms with Gasteiger partial charge in [-0.3, -0.25) is 14.7 Å².